The zero-order valence-corrected chi connectivity index (χ0v) is 26.3. The number of unbranched alkanes of at least 4 members (excludes halogenated alkanes) is 1. The molecule has 0 spiro atoms. The van der Waals surface area contributed by atoms with E-state index in [-0.39, 0.29) is 29.5 Å². The van der Waals surface area contributed by atoms with E-state index in [4.69, 9.17) is 4.74 Å². The van der Waals surface area contributed by atoms with Gasteiger partial charge in [-0.05, 0) is 66.1 Å². The van der Waals surface area contributed by atoms with Crippen LogP contribution in [-0.4, -0.2) is 51.4 Å². The van der Waals surface area contributed by atoms with Gasteiger partial charge in [-0.1, -0.05) is 74.0 Å². The van der Waals surface area contributed by atoms with Gasteiger partial charge in [0.05, 0.1) is 17.7 Å². The Morgan fingerprint density at radius 2 is 1.47 bits per heavy atom. The van der Waals surface area contributed by atoms with Crippen LogP contribution in [0.25, 0.3) is 0 Å². The molecule has 0 aliphatic carbocycles. The minimum absolute atomic E-state index is 0.0248. The van der Waals surface area contributed by atoms with Crippen LogP contribution in [0.2, 0.25) is 0 Å². The largest absolute Gasteiger partial charge is 0.497 e. The Balaban J connectivity index is 1.76. The standard InChI is InChI=1S/C35H38FN3O5S/c1-3-4-23-37-35(41)33(24-27-11-7-5-8-12-27)38(25-28-15-17-29(36)18-16-28)34(40)26-39(30-13-9-6-10-14-30)45(42,43)32-21-19-31(44-2)20-22-32/h5-22,33H,3-4,23-26H2,1-2H3,(H,37,41)/t33-/m0/s1. The molecule has 0 saturated heterocycles. The summed E-state index contributed by atoms with van der Waals surface area (Å²) in [4.78, 5) is 29.5. The van der Waals surface area contributed by atoms with Gasteiger partial charge in [-0.2, -0.15) is 0 Å². The molecular formula is C35H38FN3O5S. The Morgan fingerprint density at radius 3 is 2.07 bits per heavy atom. The number of sulfonamides is 1. The fraction of sp³-hybridized carbons (Fsp3) is 0.257. The van der Waals surface area contributed by atoms with E-state index in [0.717, 1.165) is 22.7 Å². The molecule has 4 aromatic carbocycles. The van der Waals surface area contributed by atoms with Crippen LogP contribution in [0.1, 0.15) is 30.9 Å². The first-order valence-electron chi connectivity index (χ1n) is 14.8. The second kappa shape index (κ2) is 15.9. The quantitative estimate of drug-likeness (QED) is 0.173. The number of rotatable bonds is 15. The molecule has 8 nitrogen and oxygen atoms in total. The van der Waals surface area contributed by atoms with Crippen molar-refractivity contribution in [3.8, 4) is 5.75 Å². The van der Waals surface area contributed by atoms with Gasteiger partial charge in [0.1, 0.15) is 24.2 Å². The topological polar surface area (TPSA) is 96.0 Å². The molecule has 0 radical (unpaired) electrons. The van der Waals surface area contributed by atoms with E-state index < -0.39 is 34.3 Å². The Hall–Kier alpha value is -4.70. The molecule has 1 N–H and O–H groups in total. The van der Waals surface area contributed by atoms with Gasteiger partial charge in [0.25, 0.3) is 10.0 Å². The monoisotopic (exact) mass is 631 g/mol. The molecule has 0 bridgehead atoms. The summed E-state index contributed by atoms with van der Waals surface area (Å²) in [6.45, 7) is 1.83. The molecule has 4 aromatic rings. The molecule has 45 heavy (non-hydrogen) atoms. The molecule has 0 fully saturated rings. The molecule has 0 aliphatic heterocycles. The third-order valence-corrected chi connectivity index (χ3v) is 9.13. The number of carbonyl (C=O) groups excluding carboxylic acids is 2. The summed E-state index contributed by atoms with van der Waals surface area (Å²) < 4.78 is 48.1. The summed E-state index contributed by atoms with van der Waals surface area (Å²) in [5.74, 6) is -0.894. The minimum atomic E-state index is -4.23. The van der Waals surface area contributed by atoms with Crippen LogP contribution in [0.5, 0.6) is 5.75 Å². The van der Waals surface area contributed by atoms with Gasteiger partial charge in [0.15, 0.2) is 0 Å². The molecule has 4 rings (SSSR count). The highest BCUT2D eigenvalue weighted by Crippen LogP contribution is 2.26. The van der Waals surface area contributed by atoms with Gasteiger partial charge in [0, 0.05) is 19.5 Å². The Labute approximate surface area is 264 Å². The zero-order chi connectivity index (χ0) is 32.2. The summed E-state index contributed by atoms with van der Waals surface area (Å²) >= 11 is 0. The molecule has 0 aliphatic rings. The predicted molar refractivity (Wildman–Crippen MR) is 173 cm³/mol. The molecule has 236 valence electrons. The first-order valence-corrected chi connectivity index (χ1v) is 16.2. The Kier molecular flexibility index (Phi) is 11.7. The van der Waals surface area contributed by atoms with Gasteiger partial charge in [0.2, 0.25) is 11.8 Å². The van der Waals surface area contributed by atoms with Crippen molar-refractivity contribution in [3.63, 3.8) is 0 Å². The number of para-hydroxylation sites is 1. The number of methoxy groups -OCH3 is 1. The highest BCUT2D eigenvalue weighted by Gasteiger charge is 2.34. The lowest BCUT2D eigenvalue weighted by molar-refractivity contribution is -0.140. The third-order valence-electron chi connectivity index (χ3n) is 7.34. The van der Waals surface area contributed by atoms with Crippen molar-refractivity contribution in [1.29, 1.82) is 0 Å². The SMILES string of the molecule is CCCCNC(=O)[C@H](Cc1ccccc1)N(Cc1ccc(F)cc1)C(=O)CN(c1ccccc1)S(=O)(=O)c1ccc(OC)cc1. The van der Waals surface area contributed by atoms with E-state index in [1.54, 1.807) is 42.5 Å². The number of nitrogens with zero attached hydrogens (tertiary/aromatic N) is 2. The van der Waals surface area contributed by atoms with Gasteiger partial charge in [-0.15, -0.1) is 0 Å². The number of benzene rings is 4. The van der Waals surface area contributed by atoms with Gasteiger partial charge >= 0.3 is 0 Å². The van der Waals surface area contributed by atoms with Crippen LogP contribution >= 0.6 is 0 Å². The summed E-state index contributed by atoms with van der Waals surface area (Å²) in [5, 5.41) is 2.95. The lowest BCUT2D eigenvalue weighted by atomic mass is 10.0. The third kappa shape index (κ3) is 8.92. The highest BCUT2D eigenvalue weighted by molar-refractivity contribution is 7.92. The number of anilines is 1. The van der Waals surface area contributed by atoms with E-state index in [9.17, 15) is 22.4 Å². The average Bonchev–Trinajstić information content (AvgIpc) is 3.06. The number of amides is 2. The van der Waals surface area contributed by atoms with E-state index in [1.807, 2.05) is 37.3 Å². The molecule has 1 atom stereocenters. The fourth-order valence-electron chi connectivity index (χ4n) is 4.84. The van der Waals surface area contributed by atoms with Crippen LogP contribution in [-0.2, 0) is 32.6 Å². The molecular weight excluding hydrogens is 593 g/mol. The van der Waals surface area contributed by atoms with Crippen molar-refractivity contribution < 1.29 is 27.1 Å². The molecule has 2 amide bonds. The number of carbonyl (C=O) groups is 2. The second-order valence-electron chi connectivity index (χ2n) is 10.5. The Bertz CT molecular complexity index is 1630. The van der Waals surface area contributed by atoms with E-state index in [1.165, 1.54) is 48.4 Å². The fourth-order valence-corrected chi connectivity index (χ4v) is 6.26. The van der Waals surface area contributed by atoms with Crippen molar-refractivity contribution in [1.82, 2.24) is 10.2 Å². The predicted octanol–water partition coefficient (Wildman–Crippen LogP) is 5.59. The lowest BCUT2D eigenvalue weighted by Crippen LogP contribution is -2.53. The van der Waals surface area contributed by atoms with Crippen molar-refractivity contribution in [2.75, 3.05) is 24.5 Å². The van der Waals surface area contributed by atoms with Gasteiger partial charge in [-0.3, -0.25) is 13.9 Å². The smallest absolute Gasteiger partial charge is 0.264 e. The van der Waals surface area contributed by atoms with Crippen LogP contribution in [0.15, 0.2) is 114 Å². The first-order chi connectivity index (χ1) is 21.7. The number of hydrogen-bond acceptors (Lipinski definition) is 5. The molecule has 0 heterocycles. The second-order valence-corrected chi connectivity index (χ2v) is 12.4. The maximum absolute atomic E-state index is 14.4. The van der Waals surface area contributed by atoms with Crippen molar-refractivity contribution in [2.45, 2.75) is 43.7 Å². The zero-order valence-electron chi connectivity index (χ0n) is 25.4. The molecule has 0 saturated carbocycles. The van der Waals surface area contributed by atoms with Crippen molar-refractivity contribution >= 4 is 27.5 Å². The van der Waals surface area contributed by atoms with Crippen LogP contribution in [0.3, 0.4) is 0 Å². The van der Waals surface area contributed by atoms with Crippen LogP contribution in [0, 0.1) is 5.82 Å². The maximum atomic E-state index is 14.4. The van der Waals surface area contributed by atoms with Crippen molar-refractivity contribution in [2.24, 2.45) is 0 Å². The van der Waals surface area contributed by atoms with Gasteiger partial charge < -0.3 is 15.0 Å². The van der Waals surface area contributed by atoms with Crippen LogP contribution < -0.4 is 14.4 Å². The first kappa shape index (κ1) is 33.2. The summed E-state index contributed by atoms with van der Waals surface area (Å²) in [7, 11) is -2.74. The summed E-state index contributed by atoms with van der Waals surface area (Å²) in [6.07, 6.45) is 1.83. The van der Waals surface area contributed by atoms with E-state index in [2.05, 4.69) is 5.32 Å². The summed E-state index contributed by atoms with van der Waals surface area (Å²) in [6, 6.07) is 28.3. The number of nitrogens with one attached hydrogen (secondary N) is 1. The lowest BCUT2D eigenvalue weighted by Gasteiger charge is -2.34. The molecule has 0 aromatic heterocycles. The minimum Gasteiger partial charge on any atom is -0.497 e. The number of hydrogen-bond donors (Lipinski definition) is 1. The number of ether oxygens (including phenoxy) is 1. The van der Waals surface area contributed by atoms with Crippen LogP contribution in [0.4, 0.5) is 10.1 Å². The molecule has 10 heteroatoms. The van der Waals surface area contributed by atoms with Crippen molar-refractivity contribution in [3.05, 3.63) is 126 Å². The average molecular weight is 632 g/mol. The maximum Gasteiger partial charge on any atom is 0.264 e. The normalized spacial score (nSPS) is 11.8. The van der Waals surface area contributed by atoms with E-state index in [0.29, 0.717) is 17.9 Å². The Morgan fingerprint density at radius 1 is 0.844 bits per heavy atom. The summed E-state index contributed by atoms with van der Waals surface area (Å²) in [5.41, 5.74) is 1.71. The highest BCUT2D eigenvalue weighted by atomic mass is 32.2. The number of halogens is 1. The van der Waals surface area contributed by atoms with E-state index >= 15 is 0 Å². The van der Waals surface area contributed by atoms with Gasteiger partial charge in [-0.25, -0.2) is 12.8 Å². The molecule has 0 unspecified atom stereocenters.